The van der Waals surface area contributed by atoms with Crippen LogP contribution in [0.15, 0.2) is 78.9 Å². The summed E-state index contributed by atoms with van der Waals surface area (Å²) in [5, 5.41) is 5.41. The van der Waals surface area contributed by atoms with E-state index in [1.165, 1.54) is 30.5 Å². The Morgan fingerprint density at radius 1 is 0.895 bits per heavy atom. The van der Waals surface area contributed by atoms with Gasteiger partial charge in [-0.05, 0) is 107 Å². The minimum absolute atomic E-state index is 0.268. The fourth-order valence-corrected chi connectivity index (χ4v) is 6.10. The van der Waals surface area contributed by atoms with Crippen molar-refractivity contribution in [3.63, 3.8) is 0 Å². The Bertz CT molecular complexity index is 1490. The van der Waals surface area contributed by atoms with E-state index < -0.39 is 17.7 Å². The Hall–Kier alpha value is -3.64. The van der Waals surface area contributed by atoms with Crippen molar-refractivity contribution in [1.82, 2.24) is 5.32 Å². The molecule has 1 heterocycles. The highest BCUT2D eigenvalue weighted by Crippen LogP contribution is 2.43. The lowest BCUT2D eigenvalue weighted by Crippen LogP contribution is -2.31. The van der Waals surface area contributed by atoms with E-state index in [1.807, 2.05) is 24.3 Å². The molecule has 2 aliphatic rings. The highest BCUT2D eigenvalue weighted by molar-refractivity contribution is 6.04. The van der Waals surface area contributed by atoms with Crippen molar-refractivity contribution in [2.75, 3.05) is 13.2 Å². The number of esters is 1. The SMILES string of the molecule is CCOC(=O)c1cc(-c2ccc([C@@H]3C[C@H]4CN[C@@H]3C4)cc2)c2ccc(-c3ccc(C(F)(F)F)cc3)cc2c1. The van der Waals surface area contributed by atoms with Crippen molar-refractivity contribution >= 4 is 16.7 Å². The first-order valence-corrected chi connectivity index (χ1v) is 13.1. The van der Waals surface area contributed by atoms with E-state index in [9.17, 15) is 18.0 Å². The van der Waals surface area contributed by atoms with E-state index in [4.69, 9.17) is 4.74 Å². The molecule has 0 aromatic heterocycles. The molecule has 194 valence electrons. The molecule has 4 aromatic carbocycles. The molecular weight excluding hydrogens is 487 g/mol. The summed E-state index contributed by atoms with van der Waals surface area (Å²) in [5.74, 6) is 0.908. The van der Waals surface area contributed by atoms with Gasteiger partial charge in [-0.15, -0.1) is 0 Å². The second-order valence-corrected chi connectivity index (χ2v) is 10.3. The summed E-state index contributed by atoms with van der Waals surface area (Å²) in [4.78, 5) is 12.7. The molecule has 0 spiro atoms. The van der Waals surface area contributed by atoms with E-state index in [0.717, 1.165) is 52.1 Å². The van der Waals surface area contributed by atoms with Crippen LogP contribution in [0.3, 0.4) is 0 Å². The maximum atomic E-state index is 13.0. The quantitative estimate of drug-likeness (QED) is 0.275. The molecule has 3 nitrogen and oxygen atoms in total. The third-order valence-electron chi connectivity index (χ3n) is 7.99. The zero-order valence-corrected chi connectivity index (χ0v) is 21.0. The second-order valence-electron chi connectivity index (χ2n) is 10.3. The van der Waals surface area contributed by atoms with Gasteiger partial charge in [0.1, 0.15) is 0 Å². The van der Waals surface area contributed by atoms with E-state index in [1.54, 1.807) is 13.0 Å². The molecule has 1 aliphatic carbocycles. The van der Waals surface area contributed by atoms with Gasteiger partial charge < -0.3 is 10.1 Å². The lowest BCUT2D eigenvalue weighted by molar-refractivity contribution is -0.137. The number of ether oxygens (including phenoxy) is 1. The molecule has 4 aromatic rings. The van der Waals surface area contributed by atoms with Crippen LogP contribution in [0.2, 0.25) is 0 Å². The van der Waals surface area contributed by atoms with Crippen LogP contribution in [0.1, 0.15) is 47.2 Å². The summed E-state index contributed by atoms with van der Waals surface area (Å²) in [6, 6.07) is 23.8. The second kappa shape index (κ2) is 9.59. The van der Waals surface area contributed by atoms with Gasteiger partial charge in [-0.2, -0.15) is 13.2 Å². The van der Waals surface area contributed by atoms with E-state index in [-0.39, 0.29) is 6.61 Å². The van der Waals surface area contributed by atoms with Crippen molar-refractivity contribution in [2.24, 2.45) is 5.92 Å². The number of hydrogen-bond acceptors (Lipinski definition) is 3. The Labute approximate surface area is 219 Å². The average molecular weight is 516 g/mol. The summed E-state index contributed by atoms with van der Waals surface area (Å²) in [6.07, 6.45) is -1.90. The summed E-state index contributed by atoms with van der Waals surface area (Å²) < 4.78 is 44.4. The summed E-state index contributed by atoms with van der Waals surface area (Å²) in [5.41, 5.74) is 4.47. The van der Waals surface area contributed by atoms with Gasteiger partial charge in [-0.3, -0.25) is 0 Å². The average Bonchev–Trinajstić information content (AvgIpc) is 3.56. The number of halogens is 3. The Morgan fingerprint density at radius 3 is 2.24 bits per heavy atom. The highest BCUT2D eigenvalue weighted by atomic mass is 19.4. The van der Waals surface area contributed by atoms with Crippen molar-refractivity contribution < 1.29 is 22.7 Å². The molecule has 38 heavy (non-hydrogen) atoms. The van der Waals surface area contributed by atoms with Crippen molar-refractivity contribution in [1.29, 1.82) is 0 Å². The van der Waals surface area contributed by atoms with Gasteiger partial charge in [-0.25, -0.2) is 4.79 Å². The van der Waals surface area contributed by atoms with E-state index in [2.05, 4.69) is 29.6 Å². The number of hydrogen-bond donors (Lipinski definition) is 1. The fraction of sp³-hybridized carbons (Fsp3) is 0.281. The number of piperidine rings is 1. The van der Waals surface area contributed by atoms with Crippen LogP contribution in [0, 0.1) is 5.92 Å². The molecule has 6 heteroatoms. The lowest BCUT2D eigenvalue weighted by Gasteiger charge is -2.23. The normalized spacial score (nSPS) is 20.7. The first kappa shape index (κ1) is 24.7. The number of carbonyl (C=O) groups excluding carboxylic acids is 1. The van der Waals surface area contributed by atoms with Gasteiger partial charge >= 0.3 is 12.1 Å². The molecule has 0 unspecified atom stereocenters. The van der Waals surface area contributed by atoms with Crippen LogP contribution in [0.25, 0.3) is 33.0 Å². The zero-order chi connectivity index (χ0) is 26.4. The number of rotatable bonds is 5. The maximum absolute atomic E-state index is 13.0. The largest absolute Gasteiger partial charge is 0.462 e. The molecule has 2 bridgehead atoms. The van der Waals surface area contributed by atoms with E-state index in [0.29, 0.717) is 23.1 Å². The standard InChI is InChI=1S/C32H28F3NO2/c1-2-38-31(37)25-16-24-15-23(20-7-10-26(11-8-20)32(33,34)35)9-12-27(24)28(17-25)21-3-5-22(6-4-21)29-13-19-14-30(29)36-18-19/h3-12,15-17,19,29-30,36H,2,13-14,18H2,1H3/t19-,29+,30-/m1/s1. The van der Waals surface area contributed by atoms with Crippen LogP contribution in [0.5, 0.6) is 0 Å². The van der Waals surface area contributed by atoms with Gasteiger partial charge in [-0.1, -0.05) is 48.5 Å². The predicted molar refractivity (Wildman–Crippen MR) is 143 cm³/mol. The zero-order valence-electron chi connectivity index (χ0n) is 21.0. The Balaban J connectivity index is 1.39. The summed E-state index contributed by atoms with van der Waals surface area (Å²) in [6.45, 7) is 3.16. The number of benzene rings is 4. The number of alkyl halides is 3. The van der Waals surface area contributed by atoms with Crippen LogP contribution >= 0.6 is 0 Å². The van der Waals surface area contributed by atoms with Crippen LogP contribution in [0.4, 0.5) is 13.2 Å². The minimum Gasteiger partial charge on any atom is -0.462 e. The monoisotopic (exact) mass is 515 g/mol. The summed E-state index contributed by atoms with van der Waals surface area (Å²) in [7, 11) is 0. The third kappa shape index (κ3) is 4.58. The van der Waals surface area contributed by atoms with Crippen LogP contribution in [-0.4, -0.2) is 25.2 Å². The molecule has 1 N–H and O–H groups in total. The Kier molecular flexibility index (Phi) is 6.23. The highest BCUT2D eigenvalue weighted by Gasteiger charge is 2.39. The topological polar surface area (TPSA) is 38.3 Å². The fourth-order valence-electron chi connectivity index (χ4n) is 6.10. The van der Waals surface area contributed by atoms with Crippen LogP contribution in [-0.2, 0) is 10.9 Å². The predicted octanol–water partition coefficient (Wildman–Crippen LogP) is 7.83. The number of carbonyl (C=O) groups is 1. The minimum atomic E-state index is -4.38. The molecule has 2 fully saturated rings. The molecule has 0 amide bonds. The molecule has 6 rings (SSSR count). The molecule has 3 atom stereocenters. The van der Waals surface area contributed by atoms with Gasteiger partial charge in [0.15, 0.2) is 0 Å². The summed E-state index contributed by atoms with van der Waals surface area (Å²) >= 11 is 0. The first-order chi connectivity index (χ1) is 18.3. The smallest absolute Gasteiger partial charge is 0.416 e. The molecule has 1 aliphatic heterocycles. The lowest BCUT2D eigenvalue weighted by atomic mass is 9.89. The maximum Gasteiger partial charge on any atom is 0.416 e. The first-order valence-electron chi connectivity index (χ1n) is 13.1. The van der Waals surface area contributed by atoms with Crippen LogP contribution < -0.4 is 5.32 Å². The Morgan fingerprint density at radius 2 is 1.61 bits per heavy atom. The van der Waals surface area contributed by atoms with Crippen molar-refractivity contribution in [3.05, 3.63) is 95.6 Å². The number of nitrogens with one attached hydrogen (secondary N) is 1. The van der Waals surface area contributed by atoms with Gasteiger partial charge in [0.2, 0.25) is 0 Å². The molecular formula is C32H28F3NO2. The van der Waals surface area contributed by atoms with Crippen molar-refractivity contribution in [2.45, 2.75) is 37.9 Å². The molecule has 1 saturated carbocycles. The van der Waals surface area contributed by atoms with E-state index >= 15 is 0 Å². The van der Waals surface area contributed by atoms with Crippen molar-refractivity contribution in [3.8, 4) is 22.3 Å². The van der Waals surface area contributed by atoms with Gasteiger partial charge in [0.25, 0.3) is 0 Å². The third-order valence-corrected chi connectivity index (χ3v) is 7.99. The molecule has 0 radical (unpaired) electrons. The number of fused-ring (bicyclic) bond motifs is 3. The van der Waals surface area contributed by atoms with Gasteiger partial charge in [0.05, 0.1) is 17.7 Å². The van der Waals surface area contributed by atoms with Gasteiger partial charge in [0, 0.05) is 6.04 Å². The molecule has 1 saturated heterocycles.